The fraction of sp³-hybridized carbons (Fsp3) is 0.684. The Hall–Kier alpha value is -2.22. The molecule has 8 nitrogen and oxygen atoms in total. The quantitative estimate of drug-likeness (QED) is 0.683. The van der Waals surface area contributed by atoms with Gasteiger partial charge < -0.3 is 19.9 Å². The number of nitrogens with one attached hydrogen (secondary N) is 1. The number of nitrogens with zero attached hydrogens (tertiary/aromatic N) is 4. The molecule has 2 heterocycles. The third-order valence-corrected chi connectivity index (χ3v) is 5.07. The molecule has 8 heteroatoms. The van der Waals surface area contributed by atoms with Gasteiger partial charge in [0.1, 0.15) is 0 Å². The summed E-state index contributed by atoms with van der Waals surface area (Å²) in [5.41, 5.74) is 1.24. The molecule has 2 amide bonds. The molecule has 1 aliphatic heterocycles. The Labute approximate surface area is 160 Å². The lowest BCUT2D eigenvalue weighted by Crippen LogP contribution is -2.31. The molecule has 2 aliphatic rings. The largest absolute Gasteiger partial charge is 0.385 e. The number of aromatic nitrogens is 2. The van der Waals surface area contributed by atoms with E-state index in [4.69, 9.17) is 4.74 Å². The molecule has 2 fully saturated rings. The molecule has 0 aromatic carbocycles. The monoisotopic (exact) mass is 375 g/mol. The minimum Gasteiger partial charge on any atom is -0.385 e. The van der Waals surface area contributed by atoms with E-state index in [9.17, 15) is 9.59 Å². The molecule has 0 radical (unpaired) electrons. The third-order valence-electron chi connectivity index (χ3n) is 5.07. The number of likely N-dealkylation sites (tertiary alicyclic amines) is 1. The first kappa shape index (κ1) is 19.5. The van der Waals surface area contributed by atoms with Gasteiger partial charge in [0.05, 0.1) is 11.3 Å². The minimum absolute atomic E-state index is 0.0640. The highest BCUT2D eigenvalue weighted by atomic mass is 16.5. The van der Waals surface area contributed by atoms with Gasteiger partial charge in [0.2, 0.25) is 11.9 Å². The lowest BCUT2D eigenvalue weighted by Gasteiger charge is -2.19. The SMILES string of the molecule is COCCCNC(=O)c1cnc(N(C)C)nc1C1CCN(C(=O)C2CC2)C1. The van der Waals surface area contributed by atoms with E-state index in [1.54, 1.807) is 13.3 Å². The van der Waals surface area contributed by atoms with Crippen molar-refractivity contribution in [1.82, 2.24) is 20.2 Å². The average molecular weight is 375 g/mol. The summed E-state index contributed by atoms with van der Waals surface area (Å²) in [7, 11) is 5.39. The maximum atomic E-state index is 12.7. The summed E-state index contributed by atoms with van der Waals surface area (Å²) in [6.07, 6.45) is 5.20. The van der Waals surface area contributed by atoms with Gasteiger partial charge in [-0.3, -0.25) is 9.59 Å². The molecular weight excluding hydrogens is 346 g/mol. The fourth-order valence-corrected chi connectivity index (χ4v) is 3.37. The zero-order chi connectivity index (χ0) is 19.4. The van der Waals surface area contributed by atoms with Gasteiger partial charge in [-0.2, -0.15) is 0 Å². The van der Waals surface area contributed by atoms with Crippen LogP contribution in [0.1, 0.15) is 47.7 Å². The van der Waals surface area contributed by atoms with E-state index in [2.05, 4.69) is 15.3 Å². The summed E-state index contributed by atoms with van der Waals surface area (Å²) in [6.45, 7) is 2.50. The Morgan fingerprint density at radius 3 is 2.78 bits per heavy atom. The number of carbonyl (C=O) groups excluding carboxylic acids is 2. The Balaban J connectivity index is 1.75. The average Bonchev–Trinajstić information content (AvgIpc) is 3.40. The third kappa shape index (κ3) is 4.74. The molecule has 1 aliphatic carbocycles. The van der Waals surface area contributed by atoms with Crippen molar-refractivity contribution >= 4 is 17.8 Å². The molecular formula is C19H29N5O3. The van der Waals surface area contributed by atoms with Crippen molar-refractivity contribution in [2.45, 2.75) is 31.6 Å². The Morgan fingerprint density at radius 2 is 2.11 bits per heavy atom. The van der Waals surface area contributed by atoms with Crippen LogP contribution >= 0.6 is 0 Å². The van der Waals surface area contributed by atoms with Crippen molar-refractivity contribution in [2.24, 2.45) is 5.92 Å². The van der Waals surface area contributed by atoms with Gasteiger partial charge >= 0.3 is 0 Å². The molecule has 0 spiro atoms. The van der Waals surface area contributed by atoms with E-state index >= 15 is 0 Å². The molecule has 1 aromatic rings. The van der Waals surface area contributed by atoms with Crippen molar-refractivity contribution < 1.29 is 14.3 Å². The van der Waals surface area contributed by atoms with E-state index < -0.39 is 0 Å². The van der Waals surface area contributed by atoms with Crippen LogP contribution in [0.4, 0.5) is 5.95 Å². The molecule has 1 atom stereocenters. The Morgan fingerprint density at radius 1 is 1.33 bits per heavy atom. The van der Waals surface area contributed by atoms with Crippen LogP contribution in [-0.2, 0) is 9.53 Å². The van der Waals surface area contributed by atoms with Crippen LogP contribution in [0.5, 0.6) is 0 Å². The summed E-state index contributed by atoms with van der Waals surface area (Å²) in [4.78, 5) is 37.8. The van der Waals surface area contributed by atoms with Crippen molar-refractivity contribution in [1.29, 1.82) is 0 Å². The normalized spacial score (nSPS) is 19.2. The van der Waals surface area contributed by atoms with Gasteiger partial charge in [-0.15, -0.1) is 0 Å². The first-order chi connectivity index (χ1) is 13.0. The highest BCUT2D eigenvalue weighted by Crippen LogP contribution is 2.35. The molecule has 1 N–H and O–H groups in total. The first-order valence-electron chi connectivity index (χ1n) is 9.61. The number of methoxy groups -OCH3 is 1. The summed E-state index contributed by atoms with van der Waals surface area (Å²) >= 11 is 0. The van der Waals surface area contributed by atoms with Gasteiger partial charge in [-0.25, -0.2) is 9.97 Å². The zero-order valence-electron chi connectivity index (χ0n) is 16.4. The highest BCUT2D eigenvalue weighted by Gasteiger charge is 2.38. The Bertz CT molecular complexity index is 690. The zero-order valence-corrected chi connectivity index (χ0v) is 16.4. The molecule has 27 heavy (non-hydrogen) atoms. The van der Waals surface area contributed by atoms with Gasteiger partial charge in [0.15, 0.2) is 0 Å². The summed E-state index contributed by atoms with van der Waals surface area (Å²) in [6, 6.07) is 0. The van der Waals surface area contributed by atoms with Gasteiger partial charge in [0.25, 0.3) is 5.91 Å². The van der Waals surface area contributed by atoms with Crippen molar-refractivity contribution in [3.63, 3.8) is 0 Å². The fourth-order valence-electron chi connectivity index (χ4n) is 3.37. The standard InChI is InChI=1S/C19H29N5O3/c1-23(2)19-21-11-15(17(25)20-8-4-10-27-3)16(22-19)14-7-9-24(12-14)18(26)13-5-6-13/h11,13-14H,4-10,12H2,1-3H3,(H,20,25). The Kier molecular flexibility index (Phi) is 6.26. The second-order valence-corrected chi connectivity index (χ2v) is 7.51. The molecule has 148 valence electrons. The summed E-state index contributed by atoms with van der Waals surface area (Å²) in [5, 5.41) is 2.92. The number of amides is 2. The van der Waals surface area contributed by atoms with Crippen LogP contribution in [0.15, 0.2) is 6.20 Å². The van der Waals surface area contributed by atoms with Crippen LogP contribution < -0.4 is 10.2 Å². The second-order valence-electron chi connectivity index (χ2n) is 7.51. The number of hydrogen-bond donors (Lipinski definition) is 1. The highest BCUT2D eigenvalue weighted by molar-refractivity contribution is 5.95. The van der Waals surface area contributed by atoms with Gasteiger partial charge in [-0.05, 0) is 25.7 Å². The maximum Gasteiger partial charge on any atom is 0.254 e. The summed E-state index contributed by atoms with van der Waals surface area (Å²) < 4.78 is 5.02. The van der Waals surface area contributed by atoms with E-state index in [0.717, 1.165) is 37.9 Å². The van der Waals surface area contributed by atoms with Crippen molar-refractivity contribution in [3.8, 4) is 0 Å². The summed E-state index contributed by atoms with van der Waals surface area (Å²) in [5.74, 6) is 0.945. The first-order valence-corrected chi connectivity index (χ1v) is 9.61. The second kappa shape index (κ2) is 8.65. The molecule has 1 saturated carbocycles. The van der Waals surface area contributed by atoms with Crippen LogP contribution in [0.3, 0.4) is 0 Å². The lowest BCUT2D eigenvalue weighted by atomic mass is 9.99. The van der Waals surface area contributed by atoms with Gasteiger partial charge in [0, 0.05) is 65.5 Å². The van der Waals surface area contributed by atoms with Crippen molar-refractivity contribution in [3.05, 3.63) is 17.5 Å². The van der Waals surface area contributed by atoms with Crippen molar-refractivity contribution in [2.75, 3.05) is 52.3 Å². The lowest BCUT2D eigenvalue weighted by molar-refractivity contribution is -0.131. The predicted molar refractivity (Wildman–Crippen MR) is 102 cm³/mol. The van der Waals surface area contributed by atoms with Crippen LogP contribution in [0, 0.1) is 5.92 Å². The number of ether oxygens (including phenoxy) is 1. The van der Waals surface area contributed by atoms with E-state index in [1.165, 1.54) is 0 Å². The van der Waals surface area contributed by atoms with Crippen LogP contribution in [0.25, 0.3) is 0 Å². The van der Waals surface area contributed by atoms with E-state index in [0.29, 0.717) is 31.2 Å². The molecule has 1 aromatic heterocycles. The molecule has 0 bridgehead atoms. The maximum absolute atomic E-state index is 12.7. The van der Waals surface area contributed by atoms with E-state index in [1.807, 2.05) is 23.9 Å². The number of hydrogen-bond acceptors (Lipinski definition) is 6. The smallest absolute Gasteiger partial charge is 0.254 e. The molecule has 1 saturated heterocycles. The molecule has 1 unspecified atom stereocenters. The minimum atomic E-state index is -0.168. The van der Waals surface area contributed by atoms with E-state index in [-0.39, 0.29) is 23.7 Å². The topological polar surface area (TPSA) is 87.7 Å². The van der Waals surface area contributed by atoms with Crippen LogP contribution in [0.2, 0.25) is 0 Å². The van der Waals surface area contributed by atoms with Gasteiger partial charge in [-0.1, -0.05) is 0 Å². The predicted octanol–water partition coefficient (Wildman–Crippen LogP) is 1.03. The number of anilines is 1. The number of carbonyl (C=O) groups is 2. The number of rotatable bonds is 8. The molecule has 3 rings (SSSR count). The van der Waals surface area contributed by atoms with Crippen LogP contribution in [-0.4, -0.2) is 74.1 Å².